The van der Waals surface area contributed by atoms with Crippen LogP contribution in [0.15, 0.2) is 53.2 Å². The predicted molar refractivity (Wildman–Crippen MR) is 117 cm³/mol. The summed E-state index contributed by atoms with van der Waals surface area (Å²) in [7, 11) is 0. The standard InChI is InChI=1S/C24H28N4O3/c1-18-3-6-21(25-17-18)16-20-4-7-22(8-5-20)30-24(29)28-13-11-27(12-14-28)10-9-23-15-19(2)26-31-23/h3-8,15,17H,9-14,16H2,1-2H3. The Morgan fingerprint density at radius 2 is 1.84 bits per heavy atom. The molecule has 7 nitrogen and oxygen atoms in total. The molecule has 1 fully saturated rings. The lowest BCUT2D eigenvalue weighted by Crippen LogP contribution is -2.49. The van der Waals surface area contributed by atoms with Gasteiger partial charge in [0.2, 0.25) is 0 Å². The Kier molecular flexibility index (Phi) is 6.62. The summed E-state index contributed by atoms with van der Waals surface area (Å²) in [6.45, 7) is 7.81. The number of ether oxygens (including phenoxy) is 1. The average molecular weight is 421 g/mol. The summed E-state index contributed by atoms with van der Waals surface area (Å²) in [5.74, 6) is 1.47. The third-order valence-corrected chi connectivity index (χ3v) is 5.47. The van der Waals surface area contributed by atoms with Crippen molar-refractivity contribution in [3.05, 3.63) is 76.9 Å². The van der Waals surface area contributed by atoms with Gasteiger partial charge < -0.3 is 14.2 Å². The van der Waals surface area contributed by atoms with Crippen LogP contribution in [0.4, 0.5) is 4.79 Å². The molecule has 0 radical (unpaired) electrons. The molecule has 0 N–H and O–H groups in total. The summed E-state index contributed by atoms with van der Waals surface area (Å²) in [5.41, 5.74) is 4.21. The third-order valence-electron chi connectivity index (χ3n) is 5.47. The second kappa shape index (κ2) is 9.75. The van der Waals surface area contributed by atoms with Crippen molar-refractivity contribution in [1.82, 2.24) is 19.9 Å². The van der Waals surface area contributed by atoms with Crippen molar-refractivity contribution in [2.24, 2.45) is 0 Å². The highest BCUT2D eigenvalue weighted by molar-refractivity contribution is 5.70. The number of amides is 1. The summed E-state index contributed by atoms with van der Waals surface area (Å²) in [6.07, 6.45) is 3.17. The number of pyridine rings is 1. The van der Waals surface area contributed by atoms with Crippen LogP contribution in [0.25, 0.3) is 0 Å². The van der Waals surface area contributed by atoms with Crippen LogP contribution >= 0.6 is 0 Å². The Labute approximate surface area is 182 Å². The van der Waals surface area contributed by atoms with Crippen molar-refractivity contribution in [2.45, 2.75) is 26.7 Å². The minimum atomic E-state index is -0.293. The maximum atomic E-state index is 12.5. The normalized spacial score (nSPS) is 14.6. The number of hydrogen-bond acceptors (Lipinski definition) is 6. The van der Waals surface area contributed by atoms with E-state index < -0.39 is 0 Å². The smallest absolute Gasteiger partial charge is 0.410 e. The molecule has 1 saturated heterocycles. The van der Waals surface area contributed by atoms with Crippen LogP contribution in [0.1, 0.15) is 28.3 Å². The van der Waals surface area contributed by atoms with Gasteiger partial charge in [-0.05, 0) is 43.2 Å². The van der Waals surface area contributed by atoms with Crippen LogP contribution in [0, 0.1) is 13.8 Å². The molecule has 1 amide bonds. The van der Waals surface area contributed by atoms with Gasteiger partial charge in [0.05, 0.1) is 5.69 Å². The van der Waals surface area contributed by atoms with E-state index in [1.54, 1.807) is 4.90 Å². The highest BCUT2D eigenvalue weighted by Gasteiger charge is 2.22. The molecule has 1 aromatic carbocycles. The van der Waals surface area contributed by atoms with Gasteiger partial charge >= 0.3 is 6.09 Å². The number of carbonyl (C=O) groups is 1. The van der Waals surface area contributed by atoms with Crippen molar-refractivity contribution in [3.63, 3.8) is 0 Å². The van der Waals surface area contributed by atoms with Crippen molar-refractivity contribution < 1.29 is 14.1 Å². The third kappa shape index (κ3) is 5.92. The molecule has 7 heteroatoms. The number of benzene rings is 1. The fourth-order valence-electron chi connectivity index (χ4n) is 3.61. The Hall–Kier alpha value is -3.19. The van der Waals surface area contributed by atoms with Gasteiger partial charge in [-0.15, -0.1) is 0 Å². The minimum Gasteiger partial charge on any atom is -0.410 e. The molecule has 0 aliphatic carbocycles. The molecule has 3 aromatic rings. The SMILES string of the molecule is Cc1ccc(Cc2ccc(OC(=O)N3CCN(CCc4cc(C)no4)CC3)cc2)nc1. The van der Waals surface area contributed by atoms with E-state index in [1.165, 1.54) is 0 Å². The highest BCUT2D eigenvalue weighted by Crippen LogP contribution is 2.16. The summed E-state index contributed by atoms with van der Waals surface area (Å²) in [6, 6.07) is 13.7. The van der Waals surface area contributed by atoms with E-state index in [0.717, 1.165) is 60.8 Å². The molecule has 0 spiro atoms. The molecule has 1 aliphatic heterocycles. The second-order valence-electron chi connectivity index (χ2n) is 8.03. The highest BCUT2D eigenvalue weighted by atomic mass is 16.6. The molecule has 0 unspecified atom stereocenters. The topological polar surface area (TPSA) is 71.7 Å². The average Bonchev–Trinajstić information content (AvgIpc) is 3.21. The van der Waals surface area contributed by atoms with Gasteiger partial charge in [-0.3, -0.25) is 9.88 Å². The molecule has 0 atom stereocenters. The van der Waals surface area contributed by atoms with Gasteiger partial charge in [0.1, 0.15) is 11.5 Å². The van der Waals surface area contributed by atoms with Crippen molar-refractivity contribution in [1.29, 1.82) is 0 Å². The molecule has 0 saturated carbocycles. The number of aryl methyl sites for hydroxylation is 2. The molecule has 0 bridgehead atoms. The Morgan fingerprint density at radius 3 is 2.48 bits per heavy atom. The molecule has 4 rings (SSSR count). The van der Waals surface area contributed by atoms with E-state index in [0.29, 0.717) is 18.8 Å². The fourth-order valence-corrected chi connectivity index (χ4v) is 3.61. The largest absolute Gasteiger partial charge is 0.415 e. The Balaban J connectivity index is 1.22. The van der Waals surface area contributed by atoms with Gasteiger partial charge in [-0.1, -0.05) is 23.4 Å². The van der Waals surface area contributed by atoms with Crippen LogP contribution in [0.5, 0.6) is 5.75 Å². The summed E-state index contributed by atoms with van der Waals surface area (Å²) in [4.78, 5) is 21.0. The monoisotopic (exact) mass is 420 g/mol. The Bertz CT molecular complexity index is 990. The maximum Gasteiger partial charge on any atom is 0.415 e. The number of nitrogens with zero attached hydrogens (tertiary/aromatic N) is 4. The van der Waals surface area contributed by atoms with Crippen molar-refractivity contribution in [3.8, 4) is 5.75 Å². The summed E-state index contributed by atoms with van der Waals surface area (Å²) >= 11 is 0. The van der Waals surface area contributed by atoms with E-state index in [4.69, 9.17) is 9.26 Å². The first kappa shape index (κ1) is 21.1. The maximum absolute atomic E-state index is 12.5. The van der Waals surface area contributed by atoms with Crippen LogP contribution in [0.3, 0.4) is 0 Å². The molecule has 2 aromatic heterocycles. The van der Waals surface area contributed by atoms with Crippen molar-refractivity contribution in [2.75, 3.05) is 32.7 Å². The minimum absolute atomic E-state index is 0.293. The lowest BCUT2D eigenvalue weighted by atomic mass is 10.1. The zero-order chi connectivity index (χ0) is 21.6. The number of aromatic nitrogens is 2. The van der Waals surface area contributed by atoms with E-state index >= 15 is 0 Å². The van der Waals surface area contributed by atoms with Crippen LogP contribution in [-0.2, 0) is 12.8 Å². The van der Waals surface area contributed by atoms with Gasteiger partial charge in [0.15, 0.2) is 0 Å². The first-order valence-electron chi connectivity index (χ1n) is 10.7. The molecule has 1 aliphatic rings. The molecule has 162 valence electrons. The van der Waals surface area contributed by atoms with E-state index in [1.807, 2.05) is 56.4 Å². The molecule has 3 heterocycles. The summed E-state index contributed by atoms with van der Waals surface area (Å²) in [5, 5.41) is 3.92. The zero-order valence-electron chi connectivity index (χ0n) is 18.1. The first-order valence-corrected chi connectivity index (χ1v) is 10.7. The fraction of sp³-hybridized carbons (Fsp3) is 0.375. The summed E-state index contributed by atoms with van der Waals surface area (Å²) < 4.78 is 10.8. The first-order chi connectivity index (χ1) is 15.0. The second-order valence-corrected chi connectivity index (χ2v) is 8.03. The molecular weight excluding hydrogens is 392 g/mol. The van der Waals surface area contributed by atoms with E-state index in [9.17, 15) is 4.79 Å². The number of piperazine rings is 1. The zero-order valence-corrected chi connectivity index (χ0v) is 18.1. The number of hydrogen-bond donors (Lipinski definition) is 0. The predicted octanol–water partition coefficient (Wildman–Crippen LogP) is 3.64. The van der Waals surface area contributed by atoms with Crippen molar-refractivity contribution >= 4 is 6.09 Å². The van der Waals surface area contributed by atoms with Crippen LogP contribution < -0.4 is 4.74 Å². The lowest BCUT2D eigenvalue weighted by molar-refractivity contribution is 0.110. The number of carbonyl (C=O) groups excluding carboxylic acids is 1. The van der Waals surface area contributed by atoms with Gasteiger partial charge in [-0.25, -0.2) is 4.79 Å². The van der Waals surface area contributed by atoms with Gasteiger partial charge in [0.25, 0.3) is 0 Å². The number of rotatable bonds is 6. The molecule has 31 heavy (non-hydrogen) atoms. The Morgan fingerprint density at radius 1 is 1.06 bits per heavy atom. The molecular formula is C24H28N4O3. The quantitative estimate of drug-likeness (QED) is 0.606. The van der Waals surface area contributed by atoms with Crippen LogP contribution in [-0.4, -0.2) is 58.8 Å². The lowest BCUT2D eigenvalue weighted by Gasteiger charge is -2.33. The van der Waals surface area contributed by atoms with Gasteiger partial charge in [0, 0.05) is 63.5 Å². The van der Waals surface area contributed by atoms with Gasteiger partial charge in [-0.2, -0.15) is 0 Å². The van der Waals surface area contributed by atoms with Crippen LogP contribution in [0.2, 0.25) is 0 Å². The van der Waals surface area contributed by atoms with E-state index in [2.05, 4.69) is 21.1 Å². The van der Waals surface area contributed by atoms with E-state index in [-0.39, 0.29) is 6.09 Å².